The number of hydrogen-bond acceptors (Lipinski definition) is 5. The van der Waals surface area contributed by atoms with Crippen molar-refractivity contribution >= 4 is 12.1 Å². The predicted molar refractivity (Wildman–Crippen MR) is 152 cm³/mol. The van der Waals surface area contributed by atoms with Crippen LogP contribution in [0.5, 0.6) is 0 Å². The lowest BCUT2D eigenvalue weighted by atomic mass is 9.80. The van der Waals surface area contributed by atoms with Gasteiger partial charge in [-0.05, 0) is 71.8 Å². The smallest absolute Gasteiger partial charge is 0.410 e. The van der Waals surface area contributed by atoms with Gasteiger partial charge in [-0.3, -0.25) is 4.90 Å². The van der Waals surface area contributed by atoms with E-state index < -0.39 is 5.60 Å². The molecule has 1 spiro atoms. The highest BCUT2D eigenvalue weighted by atomic mass is 16.6. The van der Waals surface area contributed by atoms with Crippen LogP contribution in [0.25, 0.3) is 0 Å². The first kappa shape index (κ1) is 28.2. The summed E-state index contributed by atoms with van der Waals surface area (Å²) in [6, 6.07) is 11.9. The van der Waals surface area contributed by atoms with Crippen molar-refractivity contribution in [1.82, 2.24) is 19.6 Å². The molecule has 0 aromatic heterocycles. The molecule has 3 amide bonds. The molecule has 5 rings (SSSR count). The fourth-order valence-electron chi connectivity index (χ4n) is 7.92. The molecule has 0 radical (unpaired) electrons. The number of nitrogens with zero attached hydrogens (tertiary/aromatic N) is 4. The van der Waals surface area contributed by atoms with Crippen LogP contribution in [0.4, 0.5) is 9.59 Å². The number of amides is 3. The lowest BCUT2D eigenvalue weighted by molar-refractivity contribution is 0.00815. The third kappa shape index (κ3) is 5.64. The van der Waals surface area contributed by atoms with Gasteiger partial charge in [-0.1, -0.05) is 30.3 Å². The molecule has 4 heterocycles. The Kier molecular flexibility index (Phi) is 7.90. The number of benzene rings is 1. The van der Waals surface area contributed by atoms with Crippen LogP contribution in [0.1, 0.15) is 71.8 Å². The van der Waals surface area contributed by atoms with E-state index in [0.29, 0.717) is 43.6 Å². The Hall–Kier alpha value is -2.32. The lowest BCUT2D eigenvalue weighted by Gasteiger charge is -2.50. The number of urea groups is 1. The number of hydrogen-bond donors (Lipinski definition) is 0. The molecule has 1 aromatic rings. The molecule has 2 unspecified atom stereocenters. The van der Waals surface area contributed by atoms with Crippen LogP contribution in [-0.4, -0.2) is 107 Å². The van der Waals surface area contributed by atoms with Crippen molar-refractivity contribution in [3.05, 3.63) is 35.9 Å². The minimum Gasteiger partial charge on any atom is -0.444 e. The highest BCUT2D eigenvalue weighted by molar-refractivity contribution is 5.78. The van der Waals surface area contributed by atoms with E-state index in [2.05, 4.69) is 54.0 Å². The number of rotatable bonds is 7. The molecule has 1 aromatic carbocycles. The number of carbonyl (C=O) groups excluding carboxylic acids is 2. The summed E-state index contributed by atoms with van der Waals surface area (Å²) in [5.41, 5.74) is 0.698. The summed E-state index contributed by atoms with van der Waals surface area (Å²) in [7, 11) is 1.70. The normalized spacial score (nSPS) is 31.3. The van der Waals surface area contributed by atoms with Crippen molar-refractivity contribution in [2.45, 2.75) is 95.5 Å². The van der Waals surface area contributed by atoms with Crippen molar-refractivity contribution in [3.63, 3.8) is 0 Å². The molecule has 4 saturated heterocycles. The third-order valence-corrected chi connectivity index (χ3v) is 9.32. The largest absolute Gasteiger partial charge is 0.444 e. The summed E-state index contributed by atoms with van der Waals surface area (Å²) >= 11 is 0. The maximum Gasteiger partial charge on any atom is 0.410 e. The molecular weight excluding hydrogens is 492 g/mol. The summed E-state index contributed by atoms with van der Waals surface area (Å²) in [4.78, 5) is 35.4. The Morgan fingerprint density at radius 1 is 1.08 bits per heavy atom. The summed E-state index contributed by atoms with van der Waals surface area (Å²) in [6.45, 7) is 14.5. The quantitative estimate of drug-likeness (QED) is 0.497. The minimum atomic E-state index is -0.504. The Morgan fingerprint density at radius 3 is 2.33 bits per heavy atom. The average Bonchev–Trinajstić information content (AvgIpc) is 3.48. The van der Waals surface area contributed by atoms with Gasteiger partial charge < -0.3 is 24.2 Å². The molecule has 0 aliphatic carbocycles. The molecule has 2 bridgehead atoms. The molecule has 4 aliphatic rings. The molecule has 8 nitrogen and oxygen atoms in total. The van der Waals surface area contributed by atoms with Gasteiger partial charge in [0, 0.05) is 63.9 Å². The Bertz CT molecular complexity index is 1010. The summed E-state index contributed by atoms with van der Waals surface area (Å²) < 4.78 is 11.1. The van der Waals surface area contributed by atoms with Crippen molar-refractivity contribution < 1.29 is 19.1 Å². The van der Waals surface area contributed by atoms with Gasteiger partial charge in [-0.25, -0.2) is 9.59 Å². The van der Waals surface area contributed by atoms with Crippen LogP contribution in [0.3, 0.4) is 0 Å². The highest BCUT2D eigenvalue weighted by Gasteiger charge is 2.58. The fourth-order valence-corrected chi connectivity index (χ4v) is 7.92. The predicted octanol–water partition coefficient (Wildman–Crippen LogP) is 4.80. The molecule has 4 atom stereocenters. The standard InChI is InChI=1S/C31H48N4O4/c1-22(2)35-28(36)32(14-15-38-6)21-31(35)16-25-12-13-26(17-31)34(25)19-24-18-33(29(37)39-30(3,4)5)20-27(24)23-10-8-7-9-11-23/h7-11,22,24-27H,12-21H2,1-6H3/t24-,25?,26?,27-,31?/m1/s1. The molecule has 4 fully saturated rings. The lowest BCUT2D eigenvalue weighted by Crippen LogP contribution is -2.60. The number of ether oxygens (including phenoxy) is 2. The number of piperidine rings is 1. The second-order valence-corrected chi connectivity index (χ2v) is 13.5. The van der Waals surface area contributed by atoms with Gasteiger partial charge in [0.15, 0.2) is 0 Å². The maximum absolute atomic E-state index is 13.5. The first-order valence-corrected chi connectivity index (χ1v) is 14.9. The van der Waals surface area contributed by atoms with Crippen LogP contribution in [-0.2, 0) is 9.47 Å². The Morgan fingerprint density at radius 2 is 1.74 bits per heavy atom. The van der Waals surface area contributed by atoms with Gasteiger partial charge >= 0.3 is 12.1 Å². The van der Waals surface area contributed by atoms with E-state index in [0.717, 1.165) is 32.5 Å². The second-order valence-electron chi connectivity index (χ2n) is 13.5. The van der Waals surface area contributed by atoms with Gasteiger partial charge in [0.25, 0.3) is 0 Å². The van der Waals surface area contributed by atoms with Gasteiger partial charge in [0.05, 0.1) is 12.1 Å². The summed E-state index contributed by atoms with van der Waals surface area (Å²) in [5.74, 6) is 0.639. The van der Waals surface area contributed by atoms with Crippen LogP contribution < -0.4 is 0 Å². The van der Waals surface area contributed by atoms with Crippen molar-refractivity contribution in [2.24, 2.45) is 5.92 Å². The topological polar surface area (TPSA) is 65.6 Å². The highest BCUT2D eigenvalue weighted by Crippen LogP contribution is 2.48. The van der Waals surface area contributed by atoms with E-state index >= 15 is 0 Å². The Balaban J connectivity index is 1.33. The monoisotopic (exact) mass is 540 g/mol. The Labute approximate surface area is 234 Å². The van der Waals surface area contributed by atoms with Gasteiger partial charge in [0.2, 0.25) is 0 Å². The molecule has 8 heteroatoms. The molecule has 0 N–H and O–H groups in total. The molecular formula is C31H48N4O4. The fraction of sp³-hybridized carbons (Fsp3) is 0.742. The maximum atomic E-state index is 13.5. The zero-order valence-corrected chi connectivity index (χ0v) is 24.8. The van der Waals surface area contributed by atoms with Gasteiger partial charge in [0.1, 0.15) is 5.60 Å². The minimum absolute atomic E-state index is 0.0988. The number of methoxy groups -OCH3 is 1. The zero-order valence-electron chi connectivity index (χ0n) is 24.8. The van der Waals surface area contributed by atoms with Gasteiger partial charge in [-0.2, -0.15) is 0 Å². The summed E-state index contributed by atoms with van der Waals surface area (Å²) in [6.07, 6.45) is 4.21. The van der Waals surface area contributed by atoms with E-state index in [4.69, 9.17) is 9.47 Å². The SMILES string of the molecule is COCCN1CC2(CC3CCC(C2)N3C[C@H]2CN(C(=O)OC(C)(C)C)C[C@@H]2c2ccccc2)N(C(C)C)C1=O. The van der Waals surface area contributed by atoms with E-state index in [1.165, 1.54) is 18.4 Å². The van der Waals surface area contributed by atoms with Crippen LogP contribution in [0, 0.1) is 5.92 Å². The van der Waals surface area contributed by atoms with E-state index in [1.807, 2.05) is 30.6 Å². The zero-order chi connectivity index (χ0) is 27.9. The number of fused-ring (bicyclic) bond motifs is 2. The van der Waals surface area contributed by atoms with Crippen LogP contribution in [0.2, 0.25) is 0 Å². The molecule has 39 heavy (non-hydrogen) atoms. The first-order chi connectivity index (χ1) is 18.5. The van der Waals surface area contributed by atoms with Crippen molar-refractivity contribution in [3.8, 4) is 0 Å². The van der Waals surface area contributed by atoms with Crippen LogP contribution in [0.15, 0.2) is 30.3 Å². The number of likely N-dealkylation sites (tertiary alicyclic amines) is 1. The molecule has 0 saturated carbocycles. The molecule has 4 aliphatic heterocycles. The van der Waals surface area contributed by atoms with Crippen molar-refractivity contribution in [2.75, 3.05) is 46.4 Å². The third-order valence-electron chi connectivity index (χ3n) is 9.32. The second kappa shape index (κ2) is 10.9. The van der Waals surface area contributed by atoms with E-state index in [9.17, 15) is 9.59 Å². The van der Waals surface area contributed by atoms with Gasteiger partial charge in [-0.15, -0.1) is 0 Å². The number of carbonyl (C=O) groups is 2. The van der Waals surface area contributed by atoms with Crippen LogP contribution >= 0.6 is 0 Å². The van der Waals surface area contributed by atoms with E-state index in [-0.39, 0.29) is 23.7 Å². The summed E-state index contributed by atoms with van der Waals surface area (Å²) in [5, 5.41) is 0. The average molecular weight is 541 g/mol. The van der Waals surface area contributed by atoms with Crippen molar-refractivity contribution in [1.29, 1.82) is 0 Å². The van der Waals surface area contributed by atoms with E-state index in [1.54, 1.807) is 7.11 Å². The first-order valence-electron chi connectivity index (χ1n) is 14.9. The molecule has 216 valence electrons.